The van der Waals surface area contributed by atoms with E-state index in [0.717, 1.165) is 12.8 Å². The molecule has 0 N–H and O–H groups in total. The van der Waals surface area contributed by atoms with Gasteiger partial charge in [0.05, 0.1) is 6.42 Å². The molecular weight excluding hydrogens is 200 g/mol. The van der Waals surface area contributed by atoms with E-state index >= 15 is 0 Å². The predicted octanol–water partition coefficient (Wildman–Crippen LogP) is 2.26. The Kier molecular flexibility index (Phi) is 2.16. The molecule has 1 saturated carbocycles. The topological polar surface area (TPSA) is 34.1 Å². The van der Waals surface area contributed by atoms with Crippen LogP contribution in [-0.4, -0.2) is 11.6 Å². The Morgan fingerprint density at radius 1 is 1.06 bits per heavy atom. The number of carbonyl (C=O) groups is 2. The van der Waals surface area contributed by atoms with E-state index < -0.39 is 0 Å². The summed E-state index contributed by atoms with van der Waals surface area (Å²) in [5.41, 5.74) is 2.56. The Bertz CT molecular complexity index is 462. The number of Topliss-reactive ketones (excluding diaryl/α,β-unsaturated/α-hetero) is 2. The summed E-state index contributed by atoms with van der Waals surface area (Å²) in [4.78, 5) is 23.3. The van der Waals surface area contributed by atoms with Crippen molar-refractivity contribution in [3.63, 3.8) is 0 Å². The van der Waals surface area contributed by atoms with Crippen LogP contribution in [0.25, 0.3) is 0 Å². The van der Waals surface area contributed by atoms with Gasteiger partial charge in [-0.05, 0) is 24.0 Å². The number of hydrogen-bond donors (Lipinski definition) is 0. The molecule has 1 aromatic rings. The van der Waals surface area contributed by atoms with Crippen LogP contribution >= 0.6 is 0 Å². The molecule has 2 heteroatoms. The molecule has 2 nitrogen and oxygen atoms in total. The quantitative estimate of drug-likeness (QED) is 0.621. The second-order valence-electron chi connectivity index (χ2n) is 4.84. The van der Waals surface area contributed by atoms with Gasteiger partial charge in [0.1, 0.15) is 11.6 Å². The van der Waals surface area contributed by atoms with Crippen LogP contribution in [0.2, 0.25) is 0 Å². The molecule has 2 atom stereocenters. The monoisotopic (exact) mass is 214 g/mol. The van der Waals surface area contributed by atoms with Crippen molar-refractivity contribution in [3.8, 4) is 0 Å². The van der Waals surface area contributed by atoms with Crippen molar-refractivity contribution in [2.24, 2.45) is 5.92 Å². The molecule has 16 heavy (non-hydrogen) atoms. The minimum Gasteiger partial charge on any atom is -0.299 e. The lowest BCUT2D eigenvalue weighted by Gasteiger charge is -2.35. The van der Waals surface area contributed by atoms with Crippen molar-refractivity contribution >= 4 is 11.6 Å². The number of fused-ring (bicyclic) bond motifs is 3. The summed E-state index contributed by atoms with van der Waals surface area (Å²) in [7, 11) is 0. The molecule has 0 bridgehead atoms. The molecule has 0 heterocycles. The van der Waals surface area contributed by atoms with Gasteiger partial charge in [0, 0.05) is 18.3 Å². The van der Waals surface area contributed by atoms with Crippen molar-refractivity contribution in [3.05, 3.63) is 35.4 Å². The molecule has 0 spiro atoms. The lowest BCUT2D eigenvalue weighted by atomic mass is 9.67. The largest absolute Gasteiger partial charge is 0.299 e. The van der Waals surface area contributed by atoms with Crippen molar-refractivity contribution < 1.29 is 9.59 Å². The Labute approximate surface area is 94.7 Å². The highest BCUT2D eigenvalue weighted by molar-refractivity contribution is 6.03. The van der Waals surface area contributed by atoms with Gasteiger partial charge in [-0.1, -0.05) is 24.3 Å². The van der Waals surface area contributed by atoms with Gasteiger partial charge in [0.2, 0.25) is 0 Å². The Morgan fingerprint density at radius 3 is 2.75 bits per heavy atom. The lowest BCUT2D eigenvalue weighted by molar-refractivity contribution is -0.134. The third-order valence-electron chi connectivity index (χ3n) is 3.90. The molecule has 0 radical (unpaired) electrons. The van der Waals surface area contributed by atoms with Crippen molar-refractivity contribution in [1.29, 1.82) is 0 Å². The average Bonchev–Trinajstić information content (AvgIpc) is 2.28. The third kappa shape index (κ3) is 1.41. The first-order valence-corrected chi connectivity index (χ1v) is 5.88. The van der Waals surface area contributed by atoms with Gasteiger partial charge in [-0.2, -0.15) is 0 Å². The van der Waals surface area contributed by atoms with Crippen LogP contribution in [0, 0.1) is 5.92 Å². The summed E-state index contributed by atoms with van der Waals surface area (Å²) in [6.45, 7) is 0. The van der Waals surface area contributed by atoms with Crippen LogP contribution < -0.4 is 0 Å². The summed E-state index contributed by atoms with van der Waals surface area (Å²) >= 11 is 0. The summed E-state index contributed by atoms with van der Waals surface area (Å²) in [6, 6.07) is 8.24. The van der Waals surface area contributed by atoms with Gasteiger partial charge in [0.25, 0.3) is 0 Å². The fourth-order valence-electron chi connectivity index (χ4n) is 3.13. The van der Waals surface area contributed by atoms with Crippen molar-refractivity contribution in [2.75, 3.05) is 0 Å². The lowest BCUT2D eigenvalue weighted by Crippen LogP contribution is -2.35. The number of benzene rings is 1. The minimum absolute atomic E-state index is 0.104. The molecule has 82 valence electrons. The first-order valence-electron chi connectivity index (χ1n) is 5.88. The zero-order valence-electron chi connectivity index (χ0n) is 9.11. The van der Waals surface area contributed by atoms with Gasteiger partial charge in [-0.15, -0.1) is 0 Å². The number of ketones is 2. The number of hydrogen-bond acceptors (Lipinski definition) is 2. The van der Waals surface area contributed by atoms with Gasteiger partial charge < -0.3 is 0 Å². The molecule has 1 aromatic carbocycles. The first kappa shape index (κ1) is 9.76. The molecule has 0 aromatic heterocycles. The van der Waals surface area contributed by atoms with Gasteiger partial charge in [-0.3, -0.25) is 9.59 Å². The maximum atomic E-state index is 11.8. The van der Waals surface area contributed by atoms with E-state index in [2.05, 4.69) is 12.1 Å². The van der Waals surface area contributed by atoms with Crippen molar-refractivity contribution in [1.82, 2.24) is 0 Å². The van der Waals surface area contributed by atoms with E-state index in [-0.39, 0.29) is 29.8 Å². The van der Waals surface area contributed by atoms with Crippen LogP contribution in [0.4, 0.5) is 0 Å². The van der Waals surface area contributed by atoms with E-state index in [1.807, 2.05) is 12.1 Å². The summed E-state index contributed by atoms with van der Waals surface area (Å²) < 4.78 is 0. The standard InChI is InChI=1S/C14H14O2/c15-10-7-13-11-4-2-1-3-9(11)5-6-12(13)14(16)8-10/h1-4,12-13H,5-8H2. The highest BCUT2D eigenvalue weighted by atomic mass is 16.1. The molecular formula is C14H14O2. The maximum absolute atomic E-state index is 11.8. The maximum Gasteiger partial charge on any atom is 0.143 e. The van der Waals surface area contributed by atoms with E-state index in [1.54, 1.807) is 0 Å². The second-order valence-corrected chi connectivity index (χ2v) is 4.84. The fraction of sp³-hybridized carbons (Fsp3) is 0.429. The SMILES string of the molecule is O=C1CC(=O)C2CCc3ccccc3C2C1. The Hall–Kier alpha value is -1.44. The van der Waals surface area contributed by atoms with Crippen molar-refractivity contribution in [2.45, 2.75) is 31.6 Å². The van der Waals surface area contributed by atoms with Gasteiger partial charge >= 0.3 is 0 Å². The molecule has 2 unspecified atom stereocenters. The van der Waals surface area contributed by atoms with Crippen LogP contribution in [0.1, 0.15) is 36.3 Å². The van der Waals surface area contributed by atoms with Gasteiger partial charge in [0.15, 0.2) is 0 Å². The molecule has 2 aliphatic carbocycles. The van der Waals surface area contributed by atoms with E-state index in [1.165, 1.54) is 11.1 Å². The highest BCUT2D eigenvalue weighted by Gasteiger charge is 2.39. The fourth-order valence-corrected chi connectivity index (χ4v) is 3.13. The van der Waals surface area contributed by atoms with Crippen LogP contribution in [0.15, 0.2) is 24.3 Å². The molecule has 2 aliphatic rings. The minimum atomic E-state index is 0.104. The van der Waals surface area contributed by atoms with E-state index in [4.69, 9.17) is 0 Å². The Morgan fingerprint density at radius 2 is 1.88 bits per heavy atom. The Balaban J connectivity index is 2.04. The number of rotatable bonds is 0. The zero-order chi connectivity index (χ0) is 11.1. The van der Waals surface area contributed by atoms with Gasteiger partial charge in [-0.25, -0.2) is 0 Å². The number of aryl methyl sites for hydroxylation is 1. The molecule has 1 fully saturated rings. The van der Waals surface area contributed by atoms with E-state index in [9.17, 15) is 9.59 Å². The van der Waals surface area contributed by atoms with Crippen LogP contribution in [-0.2, 0) is 16.0 Å². The van der Waals surface area contributed by atoms with E-state index in [0.29, 0.717) is 6.42 Å². The molecule has 0 aliphatic heterocycles. The van der Waals surface area contributed by atoms with Crippen LogP contribution in [0.3, 0.4) is 0 Å². The first-order chi connectivity index (χ1) is 7.75. The third-order valence-corrected chi connectivity index (χ3v) is 3.90. The zero-order valence-corrected chi connectivity index (χ0v) is 9.11. The summed E-state index contributed by atoms with van der Waals surface area (Å²) in [5, 5.41) is 0. The molecule has 0 saturated heterocycles. The molecule has 0 amide bonds. The van der Waals surface area contributed by atoms with Crippen LogP contribution in [0.5, 0.6) is 0 Å². The smallest absolute Gasteiger partial charge is 0.143 e. The second kappa shape index (κ2) is 3.55. The normalized spacial score (nSPS) is 28.5. The summed E-state index contributed by atoms with van der Waals surface area (Å²) in [6.07, 6.45) is 2.64. The average molecular weight is 214 g/mol. The summed E-state index contributed by atoms with van der Waals surface area (Å²) in [5.74, 6) is 0.546. The highest BCUT2D eigenvalue weighted by Crippen LogP contribution is 2.42. The number of carbonyl (C=O) groups excluding carboxylic acids is 2. The molecule has 3 rings (SSSR count). The predicted molar refractivity (Wildman–Crippen MR) is 60.2 cm³/mol.